The highest BCUT2D eigenvalue weighted by molar-refractivity contribution is 5.86. The molecule has 0 aliphatic carbocycles. The number of pyridine rings is 1. The van der Waals surface area contributed by atoms with Crippen molar-refractivity contribution >= 4 is 16.9 Å². The summed E-state index contributed by atoms with van der Waals surface area (Å²) in [5.74, 6) is -1.01. The molecule has 2 atom stereocenters. The highest BCUT2D eigenvalue weighted by atomic mass is 19.4. The standard InChI is InChI=1S/C24H24F4N6O2/c1-4-17-13-34(22-21-20(32(3)23(35)31-22)8-6-16(10-29)30-21)14(2)11-33(17)12-15-5-7-18(9-19(15)25)36-24(26,27)28/h5-9,14,17H,4,11-13H2,1-3H3/t14-,17+/m0/s1. The SMILES string of the molecule is CC[C@@H]1CN(c2nc(=O)n(C)c3ccc(C#N)nc23)[C@@H](C)CN1Cc1ccc(OC(F)(F)F)cc1F. The molecular weight excluding hydrogens is 480 g/mol. The number of rotatable bonds is 5. The van der Waals surface area contributed by atoms with Crippen LogP contribution in [0, 0.1) is 17.1 Å². The summed E-state index contributed by atoms with van der Waals surface area (Å²) in [7, 11) is 1.59. The topological polar surface area (TPSA) is 87.3 Å². The van der Waals surface area contributed by atoms with E-state index in [9.17, 15) is 27.6 Å². The van der Waals surface area contributed by atoms with Gasteiger partial charge in [-0.3, -0.25) is 9.47 Å². The number of hydrogen-bond donors (Lipinski definition) is 0. The van der Waals surface area contributed by atoms with E-state index in [-0.39, 0.29) is 29.9 Å². The maximum absolute atomic E-state index is 14.6. The van der Waals surface area contributed by atoms with Crippen LogP contribution < -0.4 is 15.3 Å². The first-order valence-corrected chi connectivity index (χ1v) is 11.3. The number of anilines is 1. The predicted octanol–water partition coefficient (Wildman–Crippen LogP) is 3.73. The predicted molar refractivity (Wildman–Crippen MR) is 124 cm³/mol. The molecule has 1 fully saturated rings. The summed E-state index contributed by atoms with van der Waals surface area (Å²) in [4.78, 5) is 25.3. The van der Waals surface area contributed by atoms with E-state index in [2.05, 4.69) is 19.6 Å². The first-order valence-electron chi connectivity index (χ1n) is 11.3. The molecule has 8 nitrogen and oxygen atoms in total. The second-order valence-corrected chi connectivity index (χ2v) is 8.75. The Morgan fingerprint density at radius 2 is 1.94 bits per heavy atom. The van der Waals surface area contributed by atoms with E-state index in [4.69, 9.17) is 0 Å². The van der Waals surface area contributed by atoms with E-state index in [1.165, 1.54) is 10.6 Å². The molecule has 3 heterocycles. The fraction of sp³-hybridized carbons (Fsp3) is 0.417. The van der Waals surface area contributed by atoms with Crippen LogP contribution >= 0.6 is 0 Å². The zero-order valence-corrected chi connectivity index (χ0v) is 19.9. The van der Waals surface area contributed by atoms with Crippen molar-refractivity contribution in [2.24, 2.45) is 7.05 Å². The molecule has 2 aromatic heterocycles. The Kier molecular flexibility index (Phi) is 6.86. The Balaban J connectivity index is 1.62. The van der Waals surface area contributed by atoms with Crippen LogP contribution in [0.15, 0.2) is 35.1 Å². The van der Waals surface area contributed by atoms with Crippen LogP contribution in [-0.2, 0) is 13.6 Å². The zero-order valence-electron chi connectivity index (χ0n) is 19.9. The molecule has 1 aliphatic heterocycles. The van der Waals surface area contributed by atoms with Gasteiger partial charge in [-0.05, 0) is 31.5 Å². The maximum atomic E-state index is 14.6. The van der Waals surface area contributed by atoms with Gasteiger partial charge in [-0.1, -0.05) is 13.0 Å². The molecular formula is C24H24F4N6O2. The molecule has 36 heavy (non-hydrogen) atoms. The van der Waals surface area contributed by atoms with Gasteiger partial charge in [-0.15, -0.1) is 13.2 Å². The van der Waals surface area contributed by atoms with Gasteiger partial charge in [0.1, 0.15) is 28.8 Å². The monoisotopic (exact) mass is 504 g/mol. The van der Waals surface area contributed by atoms with Gasteiger partial charge < -0.3 is 9.64 Å². The number of halogens is 4. The summed E-state index contributed by atoms with van der Waals surface area (Å²) < 4.78 is 57.1. The normalized spacial score (nSPS) is 18.9. The number of aryl methyl sites for hydroxylation is 1. The number of piperazine rings is 1. The van der Waals surface area contributed by atoms with Crippen molar-refractivity contribution in [3.8, 4) is 11.8 Å². The van der Waals surface area contributed by atoms with Crippen molar-refractivity contribution in [3.05, 3.63) is 57.9 Å². The maximum Gasteiger partial charge on any atom is 0.573 e. The van der Waals surface area contributed by atoms with Gasteiger partial charge >= 0.3 is 12.1 Å². The van der Waals surface area contributed by atoms with E-state index in [1.807, 2.05) is 24.8 Å². The molecule has 190 valence electrons. The number of hydrogen-bond acceptors (Lipinski definition) is 7. The van der Waals surface area contributed by atoms with Gasteiger partial charge in [-0.2, -0.15) is 10.2 Å². The average molecular weight is 504 g/mol. The molecule has 0 spiro atoms. The lowest BCUT2D eigenvalue weighted by atomic mass is 10.0. The lowest BCUT2D eigenvalue weighted by Crippen LogP contribution is -2.57. The van der Waals surface area contributed by atoms with E-state index in [0.717, 1.165) is 12.1 Å². The molecule has 0 radical (unpaired) electrons. The number of nitrogens with zero attached hydrogens (tertiary/aromatic N) is 6. The fourth-order valence-corrected chi connectivity index (χ4v) is 4.53. The van der Waals surface area contributed by atoms with Crippen LogP contribution in [0.5, 0.6) is 5.75 Å². The number of fused-ring (bicyclic) bond motifs is 1. The quantitative estimate of drug-likeness (QED) is 0.490. The largest absolute Gasteiger partial charge is 0.573 e. The van der Waals surface area contributed by atoms with Gasteiger partial charge in [0, 0.05) is 50.4 Å². The second-order valence-electron chi connectivity index (χ2n) is 8.75. The van der Waals surface area contributed by atoms with Crippen molar-refractivity contribution in [1.82, 2.24) is 19.4 Å². The summed E-state index contributed by atoms with van der Waals surface area (Å²) in [6.45, 7) is 5.05. The molecule has 0 saturated carbocycles. The number of alkyl halides is 3. The molecule has 0 amide bonds. The summed E-state index contributed by atoms with van der Waals surface area (Å²) in [5.41, 5.74) is 1.000. The third-order valence-electron chi connectivity index (χ3n) is 6.38. The van der Waals surface area contributed by atoms with Crippen molar-refractivity contribution in [1.29, 1.82) is 5.26 Å². The third kappa shape index (κ3) is 5.11. The molecule has 0 N–H and O–H groups in total. The van der Waals surface area contributed by atoms with E-state index in [1.54, 1.807) is 19.2 Å². The number of benzene rings is 1. The van der Waals surface area contributed by atoms with Crippen molar-refractivity contribution in [3.63, 3.8) is 0 Å². The van der Waals surface area contributed by atoms with E-state index >= 15 is 0 Å². The Morgan fingerprint density at radius 1 is 1.19 bits per heavy atom. The van der Waals surface area contributed by atoms with Crippen LogP contribution in [0.1, 0.15) is 31.5 Å². The van der Waals surface area contributed by atoms with Crippen LogP contribution in [-0.4, -0.2) is 51.0 Å². The zero-order chi connectivity index (χ0) is 26.2. The first kappa shape index (κ1) is 25.4. The van der Waals surface area contributed by atoms with E-state index in [0.29, 0.717) is 36.4 Å². The van der Waals surface area contributed by atoms with Crippen LogP contribution in [0.2, 0.25) is 0 Å². The fourth-order valence-electron chi connectivity index (χ4n) is 4.53. The number of nitriles is 1. The summed E-state index contributed by atoms with van der Waals surface area (Å²) >= 11 is 0. The average Bonchev–Trinajstić information content (AvgIpc) is 2.82. The highest BCUT2D eigenvalue weighted by Crippen LogP contribution is 2.30. The Bertz CT molecular complexity index is 1380. The minimum absolute atomic E-state index is 0.0632. The van der Waals surface area contributed by atoms with Crippen LogP contribution in [0.4, 0.5) is 23.4 Å². The molecule has 1 aliphatic rings. The number of ether oxygens (including phenoxy) is 1. The van der Waals surface area contributed by atoms with Gasteiger partial charge in [0.05, 0.1) is 5.52 Å². The molecule has 3 aromatic rings. The highest BCUT2D eigenvalue weighted by Gasteiger charge is 2.34. The molecule has 0 bridgehead atoms. The van der Waals surface area contributed by atoms with Gasteiger partial charge in [0.25, 0.3) is 0 Å². The third-order valence-corrected chi connectivity index (χ3v) is 6.38. The Hall–Kier alpha value is -3.72. The van der Waals surface area contributed by atoms with Gasteiger partial charge in [-0.25, -0.2) is 14.2 Å². The summed E-state index contributed by atoms with van der Waals surface area (Å²) in [5, 5.41) is 9.31. The van der Waals surface area contributed by atoms with Crippen LogP contribution in [0.3, 0.4) is 0 Å². The lowest BCUT2D eigenvalue weighted by Gasteiger charge is -2.46. The minimum Gasteiger partial charge on any atom is -0.406 e. The second kappa shape index (κ2) is 9.73. The Morgan fingerprint density at radius 3 is 2.58 bits per heavy atom. The summed E-state index contributed by atoms with van der Waals surface area (Å²) in [6, 6.07) is 8.13. The first-order chi connectivity index (χ1) is 17.0. The van der Waals surface area contributed by atoms with E-state index < -0.39 is 23.6 Å². The van der Waals surface area contributed by atoms with Crippen molar-refractivity contribution < 1.29 is 22.3 Å². The molecule has 12 heteroatoms. The van der Waals surface area contributed by atoms with Gasteiger partial charge in [0.15, 0.2) is 5.82 Å². The lowest BCUT2D eigenvalue weighted by molar-refractivity contribution is -0.274. The van der Waals surface area contributed by atoms with Crippen molar-refractivity contribution in [2.75, 3.05) is 18.0 Å². The molecule has 4 rings (SSSR count). The minimum atomic E-state index is -4.90. The Labute approximate surface area is 204 Å². The molecule has 1 saturated heterocycles. The smallest absolute Gasteiger partial charge is 0.406 e. The molecule has 0 unspecified atom stereocenters. The number of aromatic nitrogens is 3. The van der Waals surface area contributed by atoms with Crippen molar-refractivity contribution in [2.45, 2.75) is 45.3 Å². The van der Waals surface area contributed by atoms with Crippen LogP contribution in [0.25, 0.3) is 11.0 Å². The van der Waals surface area contributed by atoms with Gasteiger partial charge in [0.2, 0.25) is 0 Å². The molecule has 1 aromatic carbocycles. The summed E-state index contributed by atoms with van der Waals surface area (Å²) in [6.07, 6.45) is -4.20.